The number of hydrogen-bond acceptors (Lipinski definition) is 4. The number of hydrogen-bond donors (Lipinski definition) is 1. The quantitative estimate of drug-likeness (QED) is 0.923. The summed E-state index contributed by atoms with van der Waals surface area (Å²) in [5.41, 5.74) is -0.490. The lowest BCUT2D eigenvalue weighted by molar-refractivity contribution is -0.141. The first kappa shape index (κ1) is 13.5. The van der Waals surface area contributed by atoms with Crippen molar-refractivity contribution in [3.8, 4) is 10.6 Å². The normalized spacial score (nSPS) is 11.8. The van der Waals surface area contributed by atoms with Crippen molar-refractivity contribution in [1.82, 2.24) is 14.8 Å². The third kappa shape index (κ3) is 2.46. The Morgan fingerprint density at radius 2 is 2.11 bits per heavy atom. The Labute approximate surface area is 109 Å². The first-order valence-electron chi connectivity index (χ1n) is 5.02. The van der Waals surface area contributed by atoms with Crippen molar-refractivity contribution in [2.75, 3.05) is 0 Å². The highest BCUT2D eigenvalue weighted by Gasteiger charge is 2.40. The van der Waals surface area contributed by atoms with Gasteiger partial charge in [-0.15, -0.1) is 11.3 Å². The molecular formula is C10H8F3N3O2S. The average Bonchev–Trinajstić information content (AvgIpc) is 2.80. The molecule has 0 aliphatic carbocycles. The number of carboxylic acid groups (broad SMARTS) is 1. The molecule has 0 aliphatic heterocycles. The van der Waals surface area contributed by atoms with Gasteiger partial charge in [0.2, 0.25) is 0 Å². The minimum Gasteiger partial charge on any atom is -0.477 e. The highest BCUT2D eigenvalue weighted by molar-refractivity contribution is 7.17. The van der Waals surface area contributed by atoms with Gasteiger partial charge in [-0.2, -0.15) is 18.3 Å². The zero-order chi connectivity index (χ0) is 14.4. The van der Waals surface area contributed by atoms with Crippen molar-refractivity contribution in [1.29, 1.82) is 0 Å². The zero-order valence-electron chi connectivity index (χ0n) is 9.82. The minimum absolute atomic E-state index is 0.00433. The molecule has 2 rings (SSSR count). The molecule has 0 saturated carbocycles. The van der Waals surface area contributed by atoms with Crippen LogP contribution in [0, 0.1) is 6.92 Å². The third-order valence-corrected chi connectivity index (χ3v) is 3.41. The van der Waals surface area contributed by atoms with Crippen molar-refractivity contribution < 1.29 is 23.1 Å². The highest BCUT2D eigenvalue weighted by atomic mass is 32.1. The van der Waals surface area contributed by atoms with E-state index in [2.05, 4.69) is 10.1 Å². The summed E-state index contributed by atoms with van der Waals surface area (Å²) in [6.45, 7) is 1.62. The van der Waals surface area contributed by atoms with Crippen LogP contribution in [-0.4, -0.2) is 25.8 Å². The molecule has 2 heterocycles. The minimum atomic E-state index is -4.79. The topological polar surface area (TPSA) is 68.0 Å². The van der Waals surface area contributed by atoms with Gasteiger partial charge in [0, 0.05) is 13.2 Å². The van der Waals surface area contributed by atoms with E-state index in [1.165, 1.54) is 10.9 Å². The van der Waals surface area contributed by atoms with Gasteiger partial charge in [0.1, 0.15) is 9.88 Å². The monoisotopic (exact) mass is 291 g/mol. The lowest BCUT2D eigenvalue weighted by Crippen LogP contribution is -2.11. The van der Waals surface area contributed by atoms with Gasteiger partial charge in [0.05, 0.1) is 11.3 Å². The molecule has 0 bridgehead atoms. The van der Waals surface area contributed by atoms with Crippen LogP contribution in [-0.2, 0) is 13.2 Å². The molecule has 0 atom stereocenters. The summed E-state index contributed by atoms with van der Waals surface area (Å²) in [6.07, 6.45) is -3.29. The van der Waals surface area contributed by atoms with Crippen LogP contribution in [0.25, 0.3) is 10.6 Å². The summed E-state index contributed by atoms with van der Waals surface area (Å²) in [4.78, 5) is 13.4. The number of aryl methyl sites for hydroxylation is 2. The first-order valence-corrected chi connectivity index (χ1v) is 5.83. The molecule has 9 heteroatoms. The number of halogens is 3. The fourth-order valence-corrected chi connectivity index (χ4v) is 2.57. The van der Waals surface area contributed by atoms with Gasteiger partial charge in [-0.1, -0.05) is 0 Å². The molecule has 0 spiro atoms. The molecule has 0 aromatic carbocycles. The van der Waals surface area contributed by atoms with Crippen molar-refractivity contribution in [3.63, 3.8) is 0 Å². The Bertz CT molecular complexity index is 645. The van der Waals surface area contributed by atoms with Gasteiger partial charge in [-0.3, -0.25) is 4.68 Å². The predicted molar refractivity (Wildman–Crippen MR) is 61.0 cm³/mol. The fraction of sp³-hybridized carbons (Fsp3) is 0.300. The Morgan fingerprint density at radius 3 is 2.47 bits per heavy atom. The van der Waals surface area contributed by atoms with Crippen molar-refractivity contribution in [2.24, 2.45) is 7.05 Å². The molecule has 2 aromatic rings. The van der Waals surface area contributed by atoms with E-state index in [-0.39, 0.29) is 5.01 Å². The SMILES string of the molecule is Cc1nn(C)cc1-c1nc(C(F)(F)F)c(C(=O)O)s1. The first-order chi connectivity index (χ1) is 8.70. The second-order valence-corrected chi connectivity index (χ2v) is 4.80. The molecule has 2 aromatic heterocycles. The predicted octanol–water partition coefficient (Wildman–Crippen LogP) is 2.57. The van der Waals surface area contributed by atoms with Crippen LogP contribution in [0.5, 0.6) is 0 Å². The summed E-state index contributed by atoms with van der Waals surface area (Å²) >= 11 is 0.491. The fourth-order valence-electron chi connectivity index (χ4n) is 1.58. The molecule has 0 aliphatic rings. The maximum atomic E-state index is 12.7. The molecule has 0 radical (unpaired) electrons. The summed E-state index contributed by atoms with van der Waals surface area (Å²) in [6, 6.07) is 0. The van der Waals surface area contributed by atoms with Gasteiger partial charge in [-0.25, -0.2) is 9.78 Å². The number of aromatic nitrogens is 3. The molecule has 19 heavy (non-hydrogen) atoms. The number of nitrogens with zero attached hydrogens (tertiary/aromatic N) is 3. The number of rotatable bonds is 2. The van der Waals surface area contributed by atoms with E-state index < -0.39 is 22.7 Å². The van der Waals surface area contributed by atoms with E-state index in [0.29, 0.717) is 22.6 Å². The molecule has 0 fully saturated rings. The van der Waals surface area contributed by atoms with Gasteiger partial charge in [0.25, 0.3) is 0 Å². The molecule has 0 saturated heterocycles. The van der Waals surface area contributed by atoms with E-state index in [0.717, 1.165) is 0 Å². The van der Waals surface area contributed by atoms with Crippen molar-refractivity contribution in [2.45, 2.75) is 13.1 Å². The van der Waals surface area contributed by atoms with Crippen molar-refractivity contribution >= 4 is 17.3 Å². The highest BCUT2D eigenvalue weighted by Crippen LogP contribution is 2.38. The van der Waals surface area contributed by atoms with Gasteiger partial charge in [0.15, 0.2) is 5.69 Å². The van der Waals surface area contributed by atoms with Crippen LogP contribution >= 0.6 is 11.3 Å². The Balaban J connectivity index is 2.61. The summed E-state index contributed by atoms with van der Waals surface area (Å²) in [7, 11) is 1.62. The maximum absolute atomic E-state index is 12.7. The van der Waals surface area contributed by atoms with Gasteiger partial charge >= 0.3 is 12.1 Å². The number of thiazole rings is 1. The third-order valence-electron chi connectivity index (χ3n) is 2.33. The van der Waals surface area contributed by atoms with Crippen LogP contribution in [0.3, 0.4) is 0 Å². The van der Waals surface area contributed by atoms with Crippen LogP contribution in [0.2, 0.25) is 0 Å². The van der Waals surface area contributed by atoms with Crippen LogP contribution in [0.1, 0.15) is 21.1 Å². The Hall–Kier alpha value is -1.90. The van der Waals surface area contributed by atoms with Crippen LogP contribution in [0.4, 0.5) is 13.2 Å². The van der Waals surface area contributed by atoms with E-state index in [9.17, 15) is 18.0 Å². The number of aromatic carboxylic acids is 1. The number of carboxylic acids is 1. The van der Waals surface area contributed by atoms with E-state index in [1.807, 2.05) is 0 Å². The molecule has 102 valence electrons. The zero-order valence-corrected chi connectivity index (χ0v) is 10.6. The average molecular weight is 291 g/mol. The second kappa shape index (κ2) is 4.34. The molecular weight excluding hydrogens is 283 g/mol. The smallest absolute Gasteiger partial charge is 0.435 e. The largest absolute Gasteiger partial charge is 0.477 e. The molecule has 0 unspecified atom stereocenters. The summed E-state index contributed by atoms with van der Waals surface area (Å²) in [5, 5.41) is 12.8. The van der Waals surface area contributed by atoms with Crippen molar-refractivity contribution in [3.05, 3.63) is 22.5 Å². The van der Waals surface area contributed by atoms with E-state index >= 15 is 0 Å². The van der Waals surface area contributed by atoms with Crippen LogP contribution in [0.15, 0.2) is 6.20 Å². The lowest BCUT2D eigenvalue weighted by Gasteiger charge is -2.02. The maximum Gasteiger partial charge on any atom is 0.435 e. The lowest BCUT2D eigenvalue weighted by atomic mass is 10.3. The van der Waals surface area contributed by atoms with Gasteiger partial charge < -0.3 is 5.11 Å². The molecule has 5 nitrogen and oxygen atoms in total. The molecule has 0 amide bonds. The van der Waals surface area contributed by atoms with Gasteiger partial charge in [-0.05, 0) is 6.92 Å². The summed E-state index contributed by atoms with van der Waals surface area (Å²) < 4.78 is 39.5. The standard InChI is InChI=1S/C10H8F3N3O2S/c1-4-5(3-16(2)15-4)8-14-7(10(11,12)13)6(19-8)9(17)18/h3H,1-2H3,(H,17,18). The van der Waals surface area contributed by atoms with E-state index in [4.69, 9.17) is 5.11 Å². The number of alkyl halides is 3. The summed E-state index contributed by atoms with van der Waals surface area (Å²) in [5.74, 6) is -1.64. The number of carbonyl (C=O) groups is 1. The van der Waals surface area contributed by atoms with Crippen LogP contribution < -0.4 is 0 Å². The van der Waals surface area contributed by atoms with E-state index in [1.54, 1.807) is 14.0 Å². The Kier molecular flexibility index (Phi) is 3.09. The Morgan fingerprint density at radius 1 is 1.47 bits per heavy atom. The molecule has 1 N–H and O–H groups in total. The second-order valence-electron chi connectivity index (χ2n) is 3.80.